The number of aliphatic imine (C=N–C) groups is 1. The van der Waals surface area contributed by atoms with Crippen molar-refractivity contribution in [2.24, 2.45) is 10.9 Å². The molecule has 0 aliphatic rings. The fraction of sp³-hybridized carbons (Fsp3) is 0.381. The molecule has 0 bridgehead atoms. The lowest BCUT2D eigenvalue weighted by molar-refractivity contribution is 0.414. The van der Waals surface area contributed by atoms with Gasteiger partial charge in [-0.25, -0.2) is 0 Å². The first-order valence-electron chi connectivity index (χ1n) is 8.31. The summed E-state index contributed by atoms with van der Waals surface area (Å²) >= 11 is 0. The topological polar surface area (TPSA) is 21.6 Å². The molecule has 2 heteroatoms. The van der Waals surface area contributed by atoms with Crippen molar-refractivity contribution in [2.45, 2.75) is 33.1 Å². The maximum atomic E-state index is 5.19. The molecular formula is C21H27NO. The highest BCUT2D eigenvalue weighted by molar-refractivity contribution is 5.79. The molecule has 0 heterocycles. The molecule has 0 saturated heterocycles. The van der Waals surface area contributed by atoms with Gasteiger partial charge in [0.25, 0.3) is 0 Å². The first-order chi connectivity index (χ1) is 11.1. The zero-order valence-corrected chi connectivity index (χ0v) is 14.6. The quantitative estimate of drug-likeness (QED) is 0.651. The summed E-state index contributed by atoms with van der Waals surface area (Å²) in [5, 5.41) is 0. The van der Waals surface area contributed by atoms with E-state index in [0.29, 0.717) is 11.8 Å². The lowest BCUT2D eigenvalue weighted by Crippen LogP contribution is -2.04. The van der Waals surface area contributed by atoms with E-state index in [4.69, 9.17) is 4.74 Å². The Morgan fingerprint density at radius 3 is 2.17 bits per heavy atom. The number of hydrogen-bond acceptors (Lipinski definition) is 2. The summed E-state index contributed by atoms with van der Waals surface area (Å²) in [6.45, 7) is 7.51. The summed E-state index contributed by atoms with van der Waals surface area (Å²) in [6.07, 6.45) is 3.02. The Morgan fingerprint density at radius 2 is 1.61 bits per heavy atom. The van der Waals surface area contributed by atoms with Crippen molar-refractivity contribution in [1.29, 1.82) is 0 Å². The van der Waals surface area contributed by atoms with Crippen LogP contribution in [0.5, 0.6) is 5.75 Å². The number of hydrogen-bond donors (Lipinski definition) is 0. The molecule has 0 aliphatic heterocycles. The van der Waals surface area contributed by atoms with E-state index in [1.165, 1.54) is 16.7 Å². The van der Waals surface area contributed by atoms with E-state index in [1.807, 2.05) is 18.3 Å². The third kappa shape index (κ3) is 5.55. The average molecular weight is 309 g/mol. The van der Waals surface area contributed by atoms with Crippen LogP contribution in [0.15, 0.2) is 53.5 Å². The van der Waals surface area contributed by atoms with Crippen LogP contribution in [-0.2, 0) is 6.42 Å². The molecule has 0 aromatic heterocycles. The third-order valence-electron chi connectivity index (χ3n) is 4.00. The van der Waals surface area contributed by atoms with Crippen molar-refractivity contribution in [3.63, 3.8) is 0 Å². The van der Waals surface area contributed by atoms with Gasteiger partial charge in [0.15, 0.2) is 0 Å². The van der Waals surface area contributed by atoms with Gasteiger partial charge in [-0.05, 0) is 47.1 Å². The summed E-state index contributed by atoms with van der Waals surface area (Å²) in [4.78, 5) is 4.60. The zero-order chi connectivity index (χ0) is 16.7. The second-order valence-electron chi connectivity index (χ2n) is 6.47. The summed E-state index contributed by atoms with van der Waals surface area (Å²) in [5.74, 6) is 2.00. The van der Waals surface area contributed by atoms with Gasteiger partial charge in [0.1, 0.15) is 5.75 Å². The molecule has 0 spiro atoms. The molecule has 2 aromatic carbocycles. The Bertz CT molecular complexity index is 611. The van der Waals surface area contributed by atoms with Gasteiger partial charge >= 0.3 is 0 Å². The van der Waals surface area contributed by atoms with Gasteiger partial charge in [0.05, 0.1) is 7.11 Å². The molecule has 0 aliphatic carbocycles. The van der Waals surface area contributed by atoms with Gasteiger partial charge in [-0.2, -0.15) is 0 Å². The summed E-state index contributed by atoms with van der Waals surface area (Å²) in [6, 6.07) is 17.0. The van der Waals surface area contributed by atoms with Crippen molar-refractivity contribution in [3.05, 3.63) is 65.2 Å². The van der Waals surface area contributed by atoms with Crippen LogP contribution < -0.4 is 4.74 Å². The minimum absolute atomic E-state index is 0.523. The highest BCUT2D eigenvalue weighted by Gasteiger charge is 2.03. The standard InChI is InChI=1S/C21H27NO/c1-16(2)20-9-5-19(6-10-20)15-22-14-17(3)13-18-7-11-21(23-4)12-8-18/h5-12,15-17H,13-14H2,1-4H3. The first-order valence-corrected chi connectivity index (χ1v) is 8.31. The van der Waals surface area contributed by atoms with Crippen LogP contribution >= 0.6 is 0 Å². The van der Waals surface area contributed by atoms with E-state index in [9.17, 15) is 0 Å². The van der Waals surface area contributed by atoms with E-state index in [-0.39, 0.29) is 0 Å². The van der Waals surface area contributed by atoms with E-state index in [1.54, 1.807) is 7.11 Å². The number of ether oxygens (including phenoxy) is 1. The maximum absolute atomic E-state index is 5.19. The average Bonchev–Trinajstić information content (AvgIpc) is 2.56. The van der Waals surface area contributed by atoms with Gasteiger partial charge < -0.3 is 4.74 Å². The van der Waals surface area contributed by atoms with Gasteiger partial charge in [-0.15, -0.1) is 0 Å². The van der Waals surface area contributed by atoms with Crippen molar-refractivity contribution < 1.29 is 4.74 Å². The highest BCUT2D eigenvalue weighted by atomic mass is 16.5. The minimum atomic E-state index is 0.523. The van der Waals surface area contributed by atoms with E-state index < -0.39 is 0 Å². The first kappa shape index (κ1) is 17.3. The van der Waals surface area contributed by atoms with E-state index >= 15 is 0 Å². The molecule has 2 aromatic rings. The minimum Gasteiger partial charge on any atom is -0.497 e. The molecule has 2 nitrogen and oxygen atoms in total. The Kier molecular flexibility index (Phi) is 6.40. The second kappa shape index (κ2) is 8.52. The van der Waals surface area contributed by atoms with Crippen molar-refractivity contribution >= 4 is 6.21 Å². The molecule has 0 saturated carbocycles. The SMILES string of the molecule is COc1ccc(CC(C)CN=Cc2ccc(C(C)C)cc2)cc1. The molecule has 23 heavy (non-hydrogen) atoms. The second-order valence-corrected chi connectivity index (χ2v) is 6.47. The summed E-state index contributed by atoms with van der Waals surface area (Å²) in [5.41, 5.74) is 3.87. The molecular weight excluding hydrogens is 282 g/mol. The zero-order valence-electron chi connectivity index (χ0n) is 14.6. The smallest absolute Gasteiger partial charge is 0.118 e. The molecule has 2 rings (SSSR count). The number of benzene rings is 2. The predicted molar refractivity (Wildman–Crippen MR) is 98.9 cm³/mol. The summed E-state index contributed by atoms with van der Waals surface area (Å²) in [7, 11) is 1.69. The fourth-order valence-corrected chi connectivity index (χ4v) is 2.53. The molecule has 0 N–H and O–H groups in total. The van der Waals surface area contributed by atoms with E-state index in [2.05, 4.69) is 62.2 Å². The predicted octanol–water partition coefficient (Wildman–Crippen LogP) is 5.12. The van der Waals surface area contributed by atoms with Crippen molar-refractivity contribution in [1.82, 2.24) is 0 Å². The molecule has 1 unspecified atom stereocenters. The lowest BCUT2D eigenvalue weighted by Gasteiger charge is -2.09. The van der Waals surface area contributed by atoms with E-state index in [0.717, 1.165) is 18.7 Å². The Hall–Kier alpha value is -2.09. The number of methoxy groups -OCH3 is 1. The molecule has 0 radical (unpaired) electrons. The van der Waals surface area contributed by atoms with Gasteiger partial charge in [-0.1, -0.05) is 57.2 Å². The highest BCUT2D eigenvalue weighted by Crippen LogP contribution is 2.15. The third-order valence-corrected chi connectivity index (χ3v) is 4.00. The Balaban J connectivity index is 1.84. The van der Waals surface area contributed by atoms with Crippen LogP contribution in [-0.4, -0.2) is 19.9 Å². The van der Waals surface area contributed by atoms with Gasteiger partial charge in [-0.3, -0.25) is 4.99 Å². The Morgan fingerprint density at radius 1 is 0.957 bits per heavy atom. The molecule has 0 fully saturated rings. The van der Waals surface area contributed by atoms with Crippen LogP contribution in [0, 0.1) is 5.92 Å². The van der Waals surface area contributed by atoms with Crippen molar-refractivity contribution in [3.8, 4) is 5.75 Å². The van der Waals surface area contributed by atoms with Crippen LogP contribution in [0.4, 0.5) is 0 Å². The number of rotatable bonds is 7. The molecule has 0 amide bonds. The van der Waals surface area contributed by atoms with Gasteiger partial charge in [0, 0.05) is 12.8 Å². The fourth-order valence-electron chi connectivity index (χ4n) is 2.53. The largest absolute Gasteiger partial charge is 0.497 e. The van der Waals surface area contributed by atoms with Crippen LogP contribution in [0.1, 0.15) is 43.4 Å². The van der Waals surface area contributed by atoms with Gasteiger partial charge in [0.2, 0.25) is 0 Å². The molecule has 1 atom stereocenters. The van der Waals surface area contributed by atoms with Crippen LogP contribution in [0.3, 0.4) is 0 Å². The number of nitrogens with zero attached hydrogens (tertiary/aromatic N) is 1. The Labute approximate surface area is 140 Å². The lowest BCUT2D eigenvalue weighted by atomic mass is 10.0. The monoisotopic (exact) mass is 309 g/mol. The maximum Gasteiger partial charge on any atom is 0.118 e. The van der Waals surface area contributed by atoms with Crippen LogP contribution in [0.25, 0.3) is 0 Å². The summed E-state index contributed by atoms with van der Waals surface area (Å²) < 4.78 is 5.19. The van der Waals surface area contributed by atoms with Crippen LogP contribution in [0.2, 0.25) is 0 Å². The molecule has 122 valence electrons. The van der Waals surface area contributed by atoms with Crippen molar-refractivity contribution in [2.75, 3.05) is 13.7 Å². The normalized spacial score (nSPS) is 12.7.